The lowest BCUT2D eigenvalue weighted by Crippen LogP contribution is -2.24. The highest BCUT2D eigenvalue weighted by Crippen LogP contribution is 2.18. The second kappa shape index (κ2) is 7.51. The van der Waals surface area contributed by atoms with E-state index in [1.807, 2.05) is 37.3 Å². The van der Waals surface area contributed by atoms with Gasteiger partial charge in [-0.2, -0.15) is 0 Å². The Morgan fingerprint density at radius 3 is 2.59 bits per heavy atom. The number of hydrogen-bond donors (Lipinski definition) is 1. The minimum absolute atomic E-state index is 0.0908. The molecule has 0 bridgehead atoms. The number of aryl methyl sites for hydroxylation is 1. The zero-order valence-electron chi connectivity index (χ0n) is 10.4. The number of benzene rings is 1. The first-order chi connectivity index (χ1) is 8.15. The fraction of sp³-hybridized carbons (Fsp3) is 0.500. The summed E-state index contributed by atoms with van der Waals surface area (Å²) in [4.78, 5) is 11.6. The standard InChI is InChI=1S/C14H20O2S/c1-3-17-14(16)11(2)13(15)10-9-12-7-5-4-6-8-12/h4-8,11,13,15H,3,9-10H2,1-2H3/t11-,13+/m0/s1. The molecule has 1 N–H and O–H groups in total. The summed E-state index contributed by atoms with van der Waals surface area (Å²) in [6.07, 6.45) is 0.916. The van der Waals surface area contributed by atoms with Crippen LogP contribution < -0.4 is 0 Å². The molecular formula is C14H20O2S. The van der Waals surface area contributed by atoms with E-state index in [4.69, 9.17) is 0 Å². The second-order valence-corrected chi connectivity index (χ2v) is 5.40. The average Bonchev–Trinajstić information content (AvgIpc) is 2.36. The van der Waals surface area contributed by atoms with E-state index in [1.165, 1.54) is 17.3 Å². The van der Waals surface area contributed by atoms with Crippen LogP contribution in [0.1, 0.15) is 25.8 Å². The van der Waals surface area contributed by atoms with Crippen LogP contribution in [-0.4, -0.2) is 22.1 Å². The molecule has 0 spiro atoms. The van der Waals surface area contributed by atoms with Gasteiger partial charge in [-0.25, -0.2) is 0 Å². The number of carbonyl (C=O) groups excluding carboxylic acids is 1. The zero-order valence-corrected chi connectivity index (χ0v) is 11.2. The van der Waals surface area contributed by atoms with Crippen LogP contribution in [0.4, 0.5) is 0 Å². The summed E-state index contributed by atoms with van der Waals surface area (Å²) in [5.74, 6) is 0.498. The first-order valence-corrected chi connectivity index (χ1v) is 7.02. The molecule has 0 saturated carbocycles. The summed E-state index contributed by atoms with van der Waals surface area (Å²) in [7, 11) is 0. The highest BCUT2D eigenvalue weighted by atomic mass is 32.2. The van der Waals surface area contributed by atoms with E-state index in [2.05, 4.69) is 0 Å². The van der Waals surface area contributed by atoms with Crippen molar-refractivity contribution in [3.05, 3.63) is 35.9 Å². The first-order valence-electron chi connectivity index (χ1n) is 6.03. The molecule has 0 aliphatic rings. The van der Waals surface area contributed by atoms with Crippen LogP contribution in [0.15, 0.2) is 30.3 Å². The second-order valence-electron chi connectivity index (χ2n) is 4.13. The fourth-order valence-corrected chi connectivity index (χ4v) is 2.34. The molecule has 0 aromatic heterocycles. The maximum absolute atomic E-state index is 11.6. The quantitative estimate of drug-likeness (QED) is 0.846. The van der Waals surface area contributed by atoms with Crippen molar-refractivity contribution in [1.29, 1.82) is 0 Å². The Morgan fingerprint density at radius 1 is 1.35 bits per heavy atom. The van der Waals surface area contributed by atoms with Crippen molar-refractivity contribution in [3.8, 4) is 0 Å². The number of aliphatic hydroxyl groups is 1. The van der Waals surface area contributed by atoms with Gasteiger partial charge in [-0.15, -0.1) is 0 Å². The summed E-state index contributed by atoms with van der Waals surface area (Å²) < 4.78 is 0. The normalized spacial score (nSPS) is 14.3. The molecule has 17 heavy (non-hydrogen) atoms. The third-order valence-electron chi connectivity index (χ3n) is 2.81. The lowest BCUT2D eigenvalue weighted by Gasteiger charge is -2.16. The van der Waals surface area contributed by atoms with Gasteiger partial charge in [0, 0.05) is 0 Å². The SMILES string of the molecule is CCSC(=O)[C@@H](C)[C@H](O)CCc1ccccc1. The molecule has 0 aliphatic heterocycles. The van der Waals surface area contributed by atoms with Crippen molar-refractivity contribution in [2.75, 3.05) is 5.75 Å². The van der Waals surface area contributed by atoms with Crippen LogP contribution in [-0.2, 0) is 11.2 Å². The Bertz CT molecular complexity index is 337. The van der Waals surface area contributed by atoms with E-state index in [-0.39, 0.29) is 11.0 Å². The lowest BCUT2D eigenvalue weighted by atomic mass is 9.99. The van der Waals surface area contributed by atoms with Gasteiger partial charge in [0.05, 0.1) is 12.0 Å². The van der Waals surface area contributed by atoms with Gasteiger partial charge in [-0.05, 0) is 24.2 Å². The van der Waals surface area contributed by atoms with Crippen molar-refractivity contribution in [2.45, 2.75) is 32.8 Å². The molecule has 94 valence electrons. The van der Waals surface area contributed by atoms with Crippen LogP contribution >= 0.6 is 11.8 Å². The molecule has 0 heterocycles. The Labute approximate surface area is 107 Å². The topological polar surface area (TPSA) is 37.3 Å². The van der Waals surface area contributed by atoms with E-state index in [9.17, 15) is 9.90 Å². The number of carbonyl (C=O) groups is 1. The monoisotopic (exact) mass is 252 g/mol. The Morgan fingerprint density at radius 2 is 2.00 bits per heavy atom. The minimum Gasteiger partial charge on any atom is -0.392 e. The minimum atomic E-state index is -0.540. The van der Waals surface area contributed by atoms with Crippen LogP contribution in [0.25, 0.3) is 0 Å². The molecular weight excluding hydrogens is 232 g/mol. The van der Waals surface area contributed by atoms with Gasteiger partial charge in [0.25, 0.3) is 0 Å². The largest absolute Gasteiger partial charge is 0.392 e. The maximum atomic E-state index is 11.6. The van der Waals surface area contributed by atoms with Gasteiger partial charge in [0.2, 0.25) is 0 Å². The van der Waals surface area contributed by atoms with Gasteiger partial charge in [0.15, 0.2) is 5.12 Å². The lowest BCUT2D eigenvalue weighted by molar-refractivity contribution is -0.117. The summed E-state index contributed by atoms with van der Waals surface area (Å²) in [5, 5.41) is 10.0. The van der Waals surface area contributed by atoms with Crippen molar-refractivity contribution in [1.82, 2.24) is 0 Å². The molecule has 0 amide bonds. The van der Waals surface area contributed by atoms with E-state index >= 15 is 0 Å². The third kappa shape index (κ3) is 4.92. The van der Waals surface area contributed by atoms with Crippen molar-refractivity contribution in [2.24, 2.45) is 5.92 Å². The van der Waals surface area contributed by atoms with Crippen LogP contribution in [0.3, 0.4) is 0 Å². The molecule has 2 nitrogen and oxygen atoms in total. The van der Waals surface area contributed by atoms with Gasteiger partial charge in [0.1, 0.15) is 0 Å². The molecule has 1 aromatic rings. The summed E-state index contributed by atoms with van der Waals surface area (Å²) in [6, 6.07) is 10.0. The number of rotatable bonds is 6. The molecule has 0 aliphatic carbocycles. The highest BCUT2D eigenvalue weighted by molar-refractivity contribution is 8.13. The number of hydrogen-bond acceptors (Lipinski definition) is 3. The van der Waals surface area contributed by atoms with Crippen LogP contribution in [0.5, 0.6) is 0 Å². The smallest absolute Gasteiger partial charge is 0.194 e. The van der Waals surface area contributed by atoms with Crippen molar-refractivity contribution < 1.29 is 9.90 Å². The van der Waals surface area contributed by atoms with Gasteiger partial charge in [-0.1, -0.05) is 55.9 Å². The fourth-order valence-electron chi connectivity index (χ4n) is 1.64. The molecule has 0 fully saturated rings. The Balaban J connectivity index is 2.39. The molecule has 3 heteroatoms. The van der Waals surface area contributed by atoms with Gasteiger partial charge < -0.3 is 5.11 Å². The van der Waals surface area contributed by atoms with Crippen LogP contribution in [0.2, 0.25) is 0 Å². The summed E-state index contributed by atoms with van der Waals surface area (Å²) in [5.41, 5.74) is 1.20. The Hall–Kier alpha value is -0.800. The van der Waals surface area contributed by atoms with Crippen molar-refractivity contribution >= 4 is 16.9 Å². The van der Waals surface area contributed by atoms with E-state index in [1.54, 1.807) is 6.92 Å². The van der Waals surface area contributed by atoms with E-state index in [0.717, 1.165) is 12.2 Å². The Kier molecular flexibility index (Phi) is 6.30. The predicted octanol–water partition coefficient (Wildman–Crippen LogP) is 2.90. The maximum Gasteiger partial charge on any atom is 0.194 e. The molecule has 0 radical (unpaired) electrons. The van der Waals surface area contributed by atoms with Gasteiger partial charge in [-0.3, -0.25) is 4.79 Å². The van der Waals surface area contributed by atoms with Crippen LogP contribution in [0, 0.1) is 5.92 Å². The third-order valence-corrected chi connectivity index (χ3v) is 3.75. The van der Waals surface area contributed by atoms with E-state index < -0.39 is 6.10 Å². The highest BCUT2D eigenvalue weighted by Gasteiger charge is 2.21. The van der Waals surface area contributed by atoms with E-state index in [0.29, 0.717) is 6.42 Å². The number of aliphatic hydroxyl groups excluding tert-OH is 1. The zero-order chi connectivity index (χ0) is 12.7. The first kappa shape index (κ1) is 14.3. The average molecular weight is 252 g/mol. The summed E-state index contributed by atoms with van der Waals surface area (Å²) >= 11 is 1.29. The molecule has 1 aromatic carbocycles. The molecule has 0 saturated heterocycles. The summed E-state index contributed by atoms with van der Waals surface area (Å²) in [6.45, 7) is 3.76. The van der Waals surface area contributed by atoms with Gasteiger partial charge >= 0.3 is 0 Å². The number of thioether (sulfide) groups is 1. The van der Waals surface area contributed by atoms with Crippen molar-refractivity contribution in [3.63, 3.8) is 0 Å². The predicted molar refractivity (Wildman–Crippen MR) is 73.1 cm³/mol. The molecule has 2 atom stereocenters. The molecule has 0 unspecified atom stereocenters. The molecule has 1 rings (SSSR count).